The van der Waals surface area contributed by atoms with Crippen molar-refractivity contribution >= 4 is 43.5 Å². The summed E-state index contributed by atoms with van der Waals surface area (Å²) < 4.78 is 132. The number of fused-ring (bicyclic) bond motifs is 7. The molecule has 0 saturated heterocycles. The van der Waals surface area contributed by atoms with E-state index in [2.05, 4.69) is 52.4 Å². The average Bonchev–Trinajstić information content (AvgIpc) is 1.76. The van der Waals surface area contributed by atoms with E-state index < -0.39 is 45.1 Å². The summed E-state index contributed by atoms with van der Waals surface area (Å²) >= 11 is 0. The summed E-state index contributed by atoms with van der Waals surface area (Å²) in [5.74, 6) is -0.872. The summed E-state index contributed by atoms with van der Waals surface area (Å²) in [6, 6.07) is 53.7. The van der Waals surface area contributed by atoms with Crippen LogP contribution in [0.25, 0.3) is 99.4 Å². The smallest absolute Gasteiger partial charge is 0.129 e. The van der Waals surface area contributed by atoms with Crippen LogP contribution < -0.4 is 0 Å². The molecule has 1 saturated carbocycles. The van der Waals surface area contributed by atoms with Gasteiger partial charge in [0.25, 0.3) is 0 Å². The molecule has 0 bridgehead atoms. The van der Waals surface area contributed by atoms with Gasteiger partial charge in [0.2, 0.25) is 0 Å². The van der Waals surface area contributed by atoms with E-state index in [1.807, 2.05) is 75.4 Å². The van der Waals surface area contributed by atoms with Crippen LogP contribution in [0, 0.1) is 45.0 Å². The predicted octanol–water partition coefficient (Wildman–Crippen LogP) is 18.8. The maximum atomic E-state index is 9.00. The number of furan rings is 1. The number of nitrogens with zero attached hydrogens (tertiary/aromatic N) is 2. The third-order valence-electron chi connectivity index (χ3n) is 13.3. The summed E-state index contributed by atoms with van der Waals surface area (Å²) in [6.45, 7) is -4.60. The molecule has 1 aliphatic carbocycles. The second-order valence-electron chi connectivity index (χ2n) is 19.3. The van der Waals surface area contributed by atoms with Gasteiger partial charge in [-0.2, -0.15) is 0 Å². The minimum atomic E-state index is -2.72. The molecule has 0 unspecified atom stereocenters. The number of aryl methyl sites for hydroxylation is 4. The van der Waals surface area contributed by atoms with Crippen LogP contribution in [0.2, 0.25) is 0 Å². The van der Waals surface area contributed by atoms with E-state index in [-0.39, 0.29) is 53.5 Å². The molecule has 359 valence electrons. The van der Waals surface area contributed by atoms with Gasteiger partial charge in [-0.25, -0.2) is 0 Å². The van der Waals surface area contributed by atoms with Crippen molar-refractivity contribution in [3.8, 4) is 55.9 Å². The van der Waals surface area contributed by atoms with Gasteiger partial charge in [0.15, 0.2) is 0 Å². The van der Waals surface area contributed by atoms with Crippen molar-refractivity contribution < 1.29 is 45.1 Å². The second kappa shape index (κ2) is 20.3. The Hall–Kier alpha value is -6.97. The first-order chi connectivity index (χ1) is 40.4. The standard InChI is InChI=1S/C45H36NO.C23H24N.Ir/c1-27-23-33(30-9-4-5-10-30)18-20-35(27)34-19-21-36(28(2)24-34)41-25-42(46-26-29(41)3)40-14-8-13-38-39-22-17-32-16-15-31-11-6-7-12-37(31)43(32)45(39)47-44(38)40;1-17-10-12-20(14-21(17)19-8-6-5-7-9-19)22-13-11-18(16-24-22)15-23(2,3)4;/h6-8,11-13,15-26,30H,4-5,9-10H2,1-3H3;5-11,13-14,16H,15H2,1-4H3;/q2*-1;/i1D3,2D3,3D3,30D;1D3,15D2;. The first-order valence-corrected chi connectivity index (χ1v) is 24.0. The number of aromatic nitrogens is 2. The van der Waals surface area contributed by atoms with E-state index in [0.717, 1.165) is 50.7 Å². The number of benzene rings is 8. The maximum absolute atomic E-state index is 9.00. The van der Waals surface area contributed by atoms with Crippen molar-refractivity contribution in [3.05, 3.63) is 216 Å². The Kier molecular flexibility index (Phi) is 9.47. The van der Waals surface area contributed by atoms with Crippen molar-refractivity contribution in [1.29, 1.82) is 0 Å². The summed E-state index contributed by atoms with van der Waals surface area (Å²) in [5, 5.41) is 5.83. The fourth-order valence-electron chi connectivity index (χ4n) is 9.90. The van der Waals surface area contributed by atoms with Crippen LogP contribution in [-0.4, -0.2) is 9.97 Å². The Bertz CT molecular complexity index is 4380. The molecule has 1 radical (unpaired) electrons. The fourth-order valence-corrected chi connectivity index (χ4v) is 9.90. The van der Waals surface area contributed by atoms with Gasteiger partial charge in [-0.15, -0.1) is 47.5 Å². The molecule has 1 aliphatic rings. The largest absolute Gasteiger partial charge is 0.500 e. The normalized spacial score (nSPS) is 17.3. The van der Waals surface area contributed by atoms with Crippen LogP contribution in [0.5, 0.6) is 0 Å². The maximum Gasteiger partial charge on any atom is 0.129 e. The van der Waals surface area contributed by atoms with Gasteiger partial charge >= 0.3 is 0 Å². The van der Waals surface area contributed by atoms with Crippen molar-refractivity contribution in [1.82, 2.24) is 9.97 Å². The molecule has 0 N–H and O–H groups in total. The Morgan fingerprint density at radius 2 is 1.33 bits per heavy atom. The topological polar surface area (TPSA) is 38.9 Å². The Morgan fingerprint density at radius 3 is 2.12 bits per heavy atom. The number of hydrogen-bond acceptors (Lipinski definition) is 3. The molecule has 3 nitrogen and oxygen atoms in total. The summed E-state index contributed by atoms with van der Waals surface area (Å²) in [5.41, 5.74) is 6.33. The number of pyridine rings is 2. The van der Waals surface area contributed by atoms with Gasteiger partial charge in [0.05, 0.1) is 5.58 Å². The number of hydrogen-bond donors (Lipinski definition) is 0. The fraction of sp³-hybridized carbons (Fsp3) is 0.206. The van der Waals surface area contributed by atoms with Crippen LogP contribution in [0.1, 0.15) is 106 Å². The summed E-state index contributed by atoms with van der Waals surface area (Å²) in [4.78, 5) is 9.05. The van der Waals surface area contributed by atoms with Crippen LogP contribution in [0.15, 0.2) is 175 Å². The summed E-state index contributed by atoms with van der Waals surface area (Å²) in [7, 11) is 0. The molecular weight excluding hydrogens is 1050 g/mol. The first-order valence-electron chi connectivity index (χ1n) is 31.5. The molecule has 3 heterocycles. The molecule has 0 spiro atoms. The van der Waals surface area contributed by atoms with Gasteiger partial charge in [-0.3, -0.25) is 0 Å². The molecule has 3 aromatic heterocycles. The van der Waals surface area contributed by atoms with E-state index in [0.29, 0.717) is 74.3 Å². The van der Waals surface area contributed by atoms with E-state index in [9.17, 15) is 0 Å². The van der Waals surface area contributed by atoms with Gasteiger partial charge in [0, 0.05) is 63.8 Å². The van der Waals surface area contributed by atoms with E-state index in [4.69, 9.17) is 25.0 Å². The Morgan fingerprint density at radius 1 is 0.597 bits per heavy atom. The van der Waals surface area contributed by atoms with E-state index in [1.54, 1.807) is 66.9 Å². The van der Waals surface area contributed by atoms with Crippen LogP contribution >= 0.6 is 0 Å². The minimum Gasteiger partial charge on any atom is -0.500 e. The second-order valence-corrected chi connectivity index (χ2v) is 19.3. The first kappa shape index (κ1) is 33.6. The van der Waals surface area contributed by atoms with Gasteiger partial charge < -0.3 is 14.4 Å². The molecule has 12 rings (SSSR count). The van der Waals surface area contributed by atoms with E-state index in [1.165, 1.54) is 18.3 Å². The average molecular weight is 1130 g/mol. The third kappa shape index (κ3) is 9.71. The molecule has 4 heteroatoms. The molecule has 1 fully saturated rings. The Labute approximate surface area is 459 Å². The zero-order chi connectivity index (χ0) is 61.5. The summed E-state index contributed by atoms with van der Waals surface area (Å²) in [6.07, 6.45) is 4.36. The van der Waals surface area contributed by atoms with Gasteiger partial charge in [0.1, 0.15) is 5.58 Å². The van der Waals surface area contributed by atoms with Crippen molar-refractivity contribution in [2.45, 2.75) is 86.1 Å². The SMILES string of the molecule is [2H]C([2H])([2H])c1c[c-]c(-c2ccc(C([2H])([2H])C(C)(C)C)cn2)cc1-c1ccccc1.[2H]C([2H])([2H])c1cc(C2([2H])CCCC2)ccc1-c1ccc(-c2cc(-c3[c-]ccc4c3oc3c4ccc4ccc5ccccc5c43)ncc2C([2H])([2H])[2H])c(C([2H])([2H])[2H])c1.[Ir]. The quantitative estimate of drug-likeness (QED) is 0.118. The van der Waals surface area contributed by atoms with Gasteiger partial charge in [-0.1, -0.05) is 190 Å². The molecule has 0 atom stereocenters. The molecule has 8 aromatic carbocycles. The van der Waals surface area contributed by atoms with Crippen LogP contribution in [0.4, 0.5) is 0 Å². The minimum absolute atomic E-state index is 0. The van der Waals surface area contributed by atoms with Crippen molar-refractivity contribution in [2.75, 3.05) is 0 Å². The molecule has 0 amide bonds. The van der Waals surface area contributed by atoms with Crippen LogP contribution in [-0.2, 0) is 26.5 Å². The van der Waals surface area contributed by atoms with Gasteiger partial charge in [-0.05, 0) is 134 Å². The predicted molar refractivity (Wildman–Crippen MR) is 299 cm³/mol. The number of rotatable bonds is 7. The molecule has 72 heavy (non-hydrogen) atoms. The Balaban J connectivity index is 0.000000236. The zero-order valence-electron chi connectivity index (χ0n) is 55.1. The van der Waals surface area contributed by atoms with Crippen LogP contribution in [0.3, 0.4) is 0 Å². The van der Waals surface area contributed by atoms with Crippen molar-refractivity contribution in [2.24, 2.45) is 5.41 Å². The van der Waals surface area contributed by atoms with E-state index >= 15 is 0 Å². The van der Waals surface area contributed by atoms with Crippen molar-refractivity contribution in [3.63, 3.8) is 0 Å². The molecular formula is C68H60IrN2O-2. The third-order valence-corrected chi connectivity index (χ3v) is 13.3. The molecule has 11 aromatic rings. The monoisotopic (exact) mass is 1130 g/mol. The molecule has 0 aliphatic heterocycles. The zero-order valence-corrected chi connectivity index (χ0v) is 42.5.